The fourth-order valence-electron chi connectivity index (χ4n) is 2.58. The zero-order valence-electron chi connectivity index (χ0n) is 14.2. The Labute approximate surface area is 140 Å². The molecule has 0 unspecified atom stereocenters. The van der Waals surface area contributed by atoms with Gasteiger partial charge in [0.1, 0.15) is 0 Å². The molecular formula is C18H30FNO2S. The third-order valence-electron chi connectivity index (χ3n) is 4.00. The molecule has 1 rings (SSSR count). The summed E-state index contributed by atoms with van der Waals surface area (Å²) in [4.78, 5) is -0.290. The molecule has 0 spiro atoms. The number of rotatable bonds is 13. The van der Waals surface area contributed by atoms with Crippen molar-refractivity contribution < 1.29 is 12.3 Å². The summed E-state index contributed by atoms with van der Waals surface area (Å²) in [6.07, 6.45) is 13.0. The molecule has 0 radical (unpaired) electrons. The Bertz CT molecular complexity index is 514. The van der Waals surface area contributed by atoms with Crippen LogP contribution >= 0.6 is 0 Å². The normalized spacial score (nSPS) is 11.6. The fourth-order valence-corrected chi connectivity index (χ4v) is 3.04. The Morgan fingerprint density at radius 3 is 1.78 bits per heavy atom. The van der Waals surface area contributed by atoms with Crippen LogP contribution in [0.25, 0.3) is 0 Å². The van der Waals surface area contributed by atoms with E-state index in [1.807, 2.05) is 0 Å². The lowest BCUT2D eigenvalue weighted by Gasteiger charge is -2.07. The highest BCUT2D eigenvalue weighted by Gasteiger charge is 2.10. The van der Waals surface area contributed by atoms with Crippen LogP contribution in [-0.4, -0.2) is 15.0 Å². The Morgan fingerprint density at radius 2 is 1.30 bits per heavy atom. The van der Waals surface area contributed by atoms with Crippen molar-refractivity contribution in [2.24, 2.45) is 0 Å². The molecule has 0 saturated carbocycles. The summed E-state index contributed by atoms with van der Waals surface area (Å²) in [6, 6.07) is 5.78. The molecule has 0 aromatic heterocycles. The maximum absolute atomic E-state index is 12.7. The van der Waals surface area contributed by atoms with Crippen LogP contribution in [0.3, 0.4) is 0 Å². The molecule has 0 amide bonds. The standard InChI is InChI=1S/C18H30FNO2S/c1-2-3-4-5-6-7-8-9-10-11-16-20-17-12-14-18(15-13-17)23(19,21)22/h12-15,20H,2-11,16H2,1H3. The predicted molar refractivity (Wildman–Crippen MR) is 95.1 cm³/mol. The molecule has 5 heteroatoms. The first-order valence-corrected chi connectivity index (χ1v) is 10.2. The zero-order valence-corrected chi connectivity index (χ0v) is 15.0. The van der Waals surface area contributed by atoms with E-state index in [1.165, 1.54) is 69.9 Å². The molecular weight excluding hydrogens is 313 g/mol. The quantitative estimate of drug-likeness (QED) is 0.370. The Kier molecular flexibility index (Phi) is 9.92. The summed E-state index contributed by atoms with van der Waals surface area (Å²) in [5, 5.41) is 3.23. The Morgan fingerprint density at radius 1 is 0.826 bits per heavy atom. The second-order valence-electron chi connectivity index (χ2n) is 6.07. The third kappa shape index (κ3) is 9.59. The molecule has 0 bridgehead atoms. The van der Waals surface area contributed by atoms with Gasteiger partial charge in [-0.05, 0) is 30.7 Å². The summed E-state index contributed by atoms with van der Waals surface area (Å²) < 4.78 is 34.2. The van der Waals surface area contributed by atoms with Gasteiger partial charge < -0.3 is 5.32 Å². The van der Waals surface area contributed by atoms with Crippen molar-refractivity contribution in [2.45, 2.75) is 76.0 Å². The van der Waals surface area contributed by atoms with E-state index in [9.17, 15) is 12.3 Å². The van der Waals surface area contributed by atoms with Crippen LogP contribution in [-0.2, 0) is 10.2 Å². The lowest BCUT2D eigenvalue weighted by molar-refractivity contribution is 0.552. The summed E-state index contributed by atoms with van der Waals surface area (Å²) in [6.45, 7) is 3.10. The molecule has 132 valence electrons. The van der Waals surface area contributed by atoms with Gasteiger partial charge in [0.05, 0.1) is 4.90 Å². The molecule has 0 aliphatic rings. The lowest BCUT2D eigenvalue weighted by atomic mass is 10.1. The number of hydrogen-bond donors (Lipinski definition) is 1. The van der Waals surface area contributed by atoms with Gasteiger partial charge in [-0.3, -0.25) is 0 Å². The smallest absolute Gasteiger partial charge is 0.332 e. The van der Waals surface area contributed by atoms with Crippen LogP contribution in [0.5, 0.6) is 0 Å². The first-order valence-electron chi connectivity index (χ1n) is 8.82. The second-order valence-corrected chi connectivity index (χ2v) is 7.42. The van der Waals surface area contributed by atoms with Gasteiger partial charge >= 0.3 is 10.2 Å². The van der Waals surface area contributed by atoms with Crippen molar-refractivity contribution in [3.63, 3.8) is 0 Å². The van der Waals surface area contributed by atoms with E-state index in [0.29, 0.717) is 0 Å². The zero-order chi connectivity index (χ0) is 17.0. The van der Waals surface area contributed by atoms with E-state index in [4.69, 9.17) is 0 Å². The average Bonchev–Trinajstić information content (AvgIpc) is 2.52. The van der Waals surface area contributed by atoms with E-state index < -0.39 is 10.2 Å². The minimum Gasteiger partial charge on any atom is -0.385 e. The van der Waals surface area contributed by atoms with Crippen LogP contribution in [0, 0.1) is 0 Å². The van der Waals surface area contributed by atoms with Crippen molar-refractivity contribution >= 4 is 15.9 Å². The minimum atomic E-state index is -4.59. The van der Waals surface area contributed by atoms with Gasteiger partial charge in [0.25, 0.3) is 0 Å². The van der Waals surface area contributed by atoms with Crippen LogP contribution in [0.15, 0.2) is 29.2 Å². The first kappa shape index (κ1) is 19.9. The molecule has 1 N–H and O–H groups in total. The van der Waals surface area contributed by atoms with E-state index >= 15 is 0 Å². The van der Waals surface area contributed by atoms with Crippen LogP contribution in [0.1, 0.15) is 71.1 Å². The molecule has 3 nitrogen and oxygen atoms in total. The first-order chi connectivity index (χ1) is 11.0. The van der Waals surface area contributed by atoms with Crippen molar-refractivity contribution in [3.05, 3.63) is 24.3 Å². The molecule has 1 aromatic carbocycles. The molecule has 0 aliphatic heterocycles. The summed E-state index contributed by atoms with van der Waals surface area (Å²) in [5.74, 6) is 0. The largest absolute Gasteiger partial charge is 0.385 e. The van der Waals surface area contributed by atoms with Gasteiger partial charge in [0, 0.05) is 12.2 Å². The van der Waals surface area contributed by atoms with Gasteiger partial charge in [0.15, 0.2) is 0 Å². The SMILES string of the molecule is CCCCCCCCCCCCNc1ccc(S(=O)(=O)F)cc1. The number of halogens is 1. The monoisotopic (exact) mass is 343 g/mol. The summed E-state index contributed by atoms with van der Waals surface area (Å²) >= 11 is 0. The highest BCUT2D eigenvalue weighted by atomic mass is 32.3. The molecule has 0 heterocycles. The topological polar surface area (TPSA) is 46.2 Å². The van der Waals surface area contributed by atoms with Crippen LogP contribution < -0.4 is 5.32 Å². The van der Waals surface area contributed by atoms with Gasteiger partial charge in [0.2, 0.25) is 0 Å². The van der Waals surface area contributed by atoms with E-state index in [-0.39, 0.29) is 4.90 Å². The highest BCUT2D eigenvalue weighted by molar-refractivity contribution is 7.86. The Hall–Kier alpha value is -1.10. The molecule has 0 saturated heterocycles. The second kappa shape index (κ2) is 11.4. The van der Waals surface area contributed by atoms with E-state index in [0.717, 1.165) is 18.7 Å². The number of hydrogen-bond acceptors (Lipinski definition) is 3. The van der Waals surface area contributed by atoms with Crippen molar-refractivity contribution in [1.29, 1.82) is 0 Å². The highest BCUT2D eigenvalue weighted by Crippen LogP contribution is 2.16. The van der Waals surface area contributed by atoms with Crippen LogP contribution in [0.4, 0.5) is 9.57 Å². The van der Waals surface area contributed by atoms with Crippen molar-refractivity contribution in [2.75, 3.05) is 11.9 Å². The lowest BCUT2D eigenvalue weighted by Crippen LogP contribution is -2.01. The number of nitrogens with one attached hydrogen (secondary N) is 1. The van der Waals surface area contributed by atoms with Crippen molar-refractivity contribution in [1.82, 2.24) is 0 Å². The van der Waals surface area contributed by atoms with Gasteiger partial charge in [-0.2, -0.15) is 8.42 Å². The molecule has 0 atom stereocenters. The summed E-state index contributed by atoms with van der Waals surface area (Å²) in [7, 11) is -4.59. The average molecular weight is 344 g/mol. The maximum atomic E-state index is 12.7. The van der Waals surface area contributed by atoms with Gasteiger partial charge in [-0.15, -0.1) is 3.89 Å². The Balaban J connectivity index is 2.01. The van der Waals surface area contributed by atoms with Gasteiger partial charge in [-0.25, -0.2) is 0 Å². The number of benzene rings is 1. The van der Waals surface area contributed by atoms with Crippen molar-refractivity contribution in [3.8, 4) is 0 Å². The molecule has 0 aliphatic carbocycles. The number of unbranched alkanes of at least 4 members (excludes halogenated alkanes) is 9. The third-order valence-corrected chi connectivity index (χ3v) is 4.83. The van der Waals surface area contributed by atoms with Gasteiger partial charge in [-0.1, -0.05) is 64.7 Å². The molecule has 1 aromatic rings. The van der Waals surface area contributed by atoms with E-state index in [1.54, 1.807) is 12.1 Å². The van der Waals surface area contributed by atoms with Crippen LogP contribution in [0.2, 0.25) is 0 Å². The fraction of sp³-hybridized carbons (Fsp3) is 0.667. The molecule has 23 heavy (non-hydrogen) atoms. The maximum Gasteiger partial charge on any atom is 0.332 e. The summed E-state index contributed by atoms with van der Waals surface area (Å²) in [5.41, 5.74) is 0.827. The molecule has 0 fully saturated rings. The minimum absolute atomic E-state index is 0.290. The number of anilines is 1. The van der Waals surface area contributed by atoms with E-state index in [2.05, 4.69) is 12.2 Å². The predicted octanol–water partition coefficient (Wildman–Crippen LogP) is 5.68.